The summed E-state index contributed by atoms with van der Waals surface area (Å²) in [7, 11) is 0. The Morgan fingerprint density at radius 2 is 0.902 bits per heavy atom. The van der Waals surface area contributed by atoms with Gasteiger partial charge in [-0.05, 0) is 44.9 Å². The third-order valence-corrected chi connectivity index (χ3v) is 8.22. The Kier molecular flexibility index (Phi) is 32.1. The van der Waals surface area contributed by atoms with E-state index in [1.807, 2.05) is 0 Å². The van der Waals surface area contributed by atoms with Gasteiger partial charge in [0.05, 0.1) is 6.42 Å². The molecule has 0 aliphatic carbocycles. The van der Waals surface area contributed by atoms with E-state index in [1.54, 1.807) is 0 Å². The second-order valence-corrected chi connectivity index (χ2v) is 12.4. The van der Waals surface area contributed by atoms with Gasteiger partial charge in [-0.15, -0.1) is 0 Å². The molecular weight excluding hydrogens is 508 g/mol. The van der Waals surface area contributed by atoms with E-state index in [1.165, 1.54) is 148 Å². The van der Waals surface area contributed by atoms with Gasteiger partial charge in [-0.1, -0.05) is 161 Å². The second kappa shape index (κ2) is 33.2. The lowest BCUT2D eigenvalue weighted by Gasteiger charge is -2.16. The lowest BCUT2D eigenvalue weighted by atomic mass is 10.0. The molecule has 242 valence electrons. The second-order valence-electron chi connectivity index (χ2n) is 12.4. The molecule has 0 rings (SSSR count). The van der Waals surface area contributed by atoms with Crippen LogP contribution >= 0.6 is 0 Å². The highest BCUT2D eigenvalue weighted by molar-refractivity contribution is 5.71. The summed E-state index contributed by atoms with van der Waals surface area (Å²) in [5.74, 6) is -1.10. The fourth-order valence-corrected chi connectivity index (χ4v) is 5.55. The van der Waals surface area contributed by atoms with E-state index < -0.39 is 12.1 Å². The van der Waals surface area contributed by atoms with Crippen LogP contribution in [-0.4, -0.2) is 23.1 Å². The standard InChI is InChI=1S/C37H70O4/c1-3-5-7-9-11-13-15-17-18-19-20-21-23-25-27-29-31-33-37(40)41-35(34-36(38)39)32-30-28-26-24-22-16-14-12-10-8-6-4-2/h17-18,35H,3-16,19-34H2,1-2H3,(H,38,39)/b18-17-. The quantitative estimate of drug-likeness (QED) is 0.0478. The van der Waals surface area contributed by atoms with Crippen molar-refractivity contribution < 1.29 is 19.4 Å². The number of carbonyl (C=O) groups is 2. The molecule has 1 atom stereocenters. The number of unbranched alkanes of at least 4 members (excludes halogenated alkanes) is 24. The van der Waals surface area contributed by atoms with Gasteiger partial charge in [-0.2, -0.15) is 0 Å². The summed E-state index contributed by atoms with van der Waals surface area (Å²) in [6, 6.07) is 0. The van der Waals surface area contributed by atoms with E-state index in [-0.39, 0.29) is 12.4 Å². The third-order valence-electron chi connectivity index (χ3n) is 8.22. The fraction of sp³-hybridized carbons (Fsp3) is 0.892. The van der Waals surface area contributed by atoms with Crippen molar-refractivity contribution in [1.29, 1.82) is 0 Å². The Morgan fingerprint density at radius 3 is 1.32 bits per heavy atom. The topological polar surface area (TPSA) is 63.6 Å². The molecule has 0 bridgehead atoms. The Morgan fingerprint density at radius 1 is 0.537 bits per heavy atom. The maximum absolute atomic E-state index is 12.3. The van der Waals surface area contributed by atoms with E-state index in [4.69, 9.17) is 4.74 Å². The number of esters is 1. The minimum atomic E-state index is -0.880. The maximum Gasteiger partial charge on any atom is 0.307 e. The summed E-state index contributed by atoms with van der Waals surface area (Å²) in [6.45, 7) is 4.53. The Labute approximate surface area is 255 Å². The number of carbonyl (C=O) groups excluding carboxylic acids is 1. The fourth-order valence-electron chi connectivity index (χ4n) is 5.55. The molecule has 41 heavy (non-hydrogen) atoms. The van der Waals surface area contributed by atoms with Crippen LogP contribution in [0.1, 0.15) is 206 Å². The first-order chi connectivity index (χ1) is 20.1. The predicted molar refractivity (Wildman–Crippen MR) is 177 cm³/mol. The Balaban J connectivity index is 3.64. The molecule has 1 N–H and O–H groups in total. The maximum atomic E-state index is 12.3. The average molecular weight is 579 g/mol. The summed E-state index contributed by atoms with van der Waals surface area (Å²) in [5.41, 5.74) is 0. The highest BCUT2D eigenvalue weighted by Gasteiger charge is 2.17. The van der Waals surface area contributed by atoms with Crippen LogP contribution in [0.15, 0.2) is 12.2 Å². The normalized spacial score (nSPS) is 12.2. The van der Waals surface area contributed by atoms with Crippen molar-refractivity contribution >= 4 is 11.9 Å². The van der Waals surface area contributed by atoms with E-state index in [0.29, 0.717) is 12.8 Å². The highest BCUT2D eigenvalue weighted by Crippen LogP contribution is 2.17. The number of ether oxygens (including phenoxy) is 1. The van der Waals surface area contributed by atoms with Crippen LogP contribution in [0.2, 0.25) is 0 Å². The van der Waals surface area contributed by atoms with Crippen LogP contribution in [0.25, 0.3) is 0 Å². The van der Waals surface area contributed by atoms with Crippen molar-refractivity contribution in [2.45, 2.75) is 213 Å². The first kappa shape index (κ1) is 39.7. The van der Waals surface area contributed by atoms with Crippen molar-refractivity contribution in [3.63, 3.8) is 0 Å². The van der Waals surface area contributed by atoms with Crippen molar-refractivity contribution in [2.24, 2.45) is 0 Å². The molecule has 0 aromatic carbocycles. The van der Waals surface area contributed by atoms with Gasteiger partial charge in [0.1, 0.15) is 6.10 Å². The molecule has 0 amide bonds. The largest absolute Gasteiger partial charge is 0.481 e. The molecule has 0 aliphatic rings. The van der Waals surface area contributed by atoms with E-state index in [9.17, 15) is 14.7 Å². The summed E-state index contributed by atoms with van der Waals surface area (Å²) >= 11 is 0. The first-order valence-corrected chi connectivity index (χ1v) is 18.2. The van der Waals surface area contributed by atoms with Crippen LogP contribution in [0.4, 0.5) is 0 Å². The van der Waals surface area contributed by atoms with Crippen LogP contribution in [0.5, 0.6) is 0 Å². The number of hydrogen-bond donors (Lipinski definition) is 1. The molecule has 4 heteroatoms. The molecule has 1 unspecified atom stereocenters. The van der Waals surface area contributed by atoms with Crippen LogP contribution < -0.4 is 0 Å². The molecular formula is C37H70O4. The number of allylic oxidation sites excluding steroid dienone is 2. The lowest BCUT2D eigenvalue weighted by molar-refractivity contribution is -0.153. The third kappa shape index (κ3) is 33.1. The van der Waals surface area contributed by atoms with Crippen LogP contribution in [0.3, 0.4) is 0 Å². The van der Waals surface area contributed by atoms with Crippen molar-refractivity contribution in [3.8, 4) is 0 Å². The van der Waals surface area contributed by atoms with Gasteiger partial charge in [0.15, 0.2) is 0 Å². The predicted octanol–water partition coefficient (Wildman–Crippen LogP) is 12.3. The van der Waals surface area contributed by atoms with E-state index in [0.717, 1.165) is 25.7 Å². The van der Waals surface area contributed by atoms with Crippen molar-refractivity contribution in [2.75, 3.05) is 0 Å². The zero-order valence-corrected chi connectivity index (χ0v) is 27.6. The van der Waals surface area contributed by atoms with Gasteiger partial charge in [0.25, 0.3) is 0 Å². The molecule has 4 nitrogen and oxygen atoms in total. The van der Waals surface area contributed by atoms with Crippen molar-refractivity contribution in [3.05, 3.63) is 12.2 Å². The molecule has 0 spiro atoms. The number of carboxylic acids is 1. The summed E-state index contributed by atoms with van der Waals surface area (Å²) in [5, 5.41) is 9.23. The number of aliphatic carboxylic acids is 1. The molecule has 0 aromatic rings. The number of carboxylic acid groups (broad SMARTS) is 1. The molecule has 0 radical (unpaired) electrons. The zero-order valence-electron chi connectivity index (χ0n) is 27.6. The molecule has 0 saturated heterocycles. The molecule has 0 aromatic heterocycles. The van der Waals surface area contributed by atoms with Gasteiger partial charge in [-0.3, -0.25) is 9.59 Å². The van der Waals surface area contributed by atoms with Gasteiger partial charge < -0.3 is 9.84 Å². The van der Waals surface area contributed by atoms with Gasteiger partial charge in [-0.25, -0.2) is 0 Å². The monoisotopic (exact) mass is 579 g/mol. The van der Waals surface area contributed by atoms with E-state index in [2.05, 4.69) is 26.0 Å². The zero-order chi connectivity index (χ0) is 30.1. The smallest absolute Gasteiger partial charge is 0.307 e. The summed E-state index contributed by atoms with van der Waals surface area (Å²) < 4.78 is 5.56. The Bertz CT molecular complexity index is 585. The van der Waals surface area contributed by atoms with Crippen molar-refractivity contribution in [1.82, 2.24) is 0 Å². The molecule has 0 heterocycles. The lowest BCUT2D eigenvalue weighted by Crippen LogP contribution is -2.21. The van der Waals surface area contributed by atoms with Gasteiger partial charge in [0, 0.05) is 6.42 Å². The highest BCUT2D eigenvalue weighted by atomic mass is 16.5. The molecule has 0 fully saturated rings. The molecule has 0 saturated carbocycles. The number of rotatable bonds is 33. The minimum absolute atomic E-state index is 0.0714. The minimum Gasteiger partial charge on any atom is -0.481 e. The Hall–Kier alpha value is -1.32. The van der Waals surface area contributed by atoms with E-state index >= 15 is 0 Å². The first-order valence-electron chi connectivity index (χ1n) is 18.2. The average Bonchev–Trinajstić information content (AvgIpc) is 2.95. The van der Waals surface area contributed by atoms with Crippen LogP contribution in [0, 0.1) is 0 Å². The molecule has 0 aliphatic heterocycles. The van der Waals surface area contributed by atoms with Crippen LogP contribution in [-0.2, 0) is 14.3 Å². The SMILES string of the molecule is CCCCCCCC/C=C\CCCCCCCCCC(=O)OC(CCCCCCCCCCCCCC)CC(=O)O. The summed E-state index contributed by atoms with van der Waals surface area (Å²) in [6.07, 6.45) is 39.4. The van der Waals surface area contributed by atoms with Gasteiger partial charge >= 0.3 is 11.9 Å². The van der Waals surface area contributed by atoms with Gasteiger partial charge in [0.2, 0.25) is 0 Å². The summed E-state index contributed by atoms with van der Waals surface area (Å²) in [4.78, 5) is 23.5. The number of hydrogen-bond acceptors (Lipinski definition) is 3.